The Morgan fingerprint density at radius 2 is 1.88 bits per heavy atom. The first-order valence-corrected chi connectivity index (χ1v) is 9.12. The maximum Gasteiger partial charge on any atom is 0.267 e. The highest BCUT2D eigenvalue weighted by Gasteiger charge is 2.32. The molecule has 1 amide bonds. The van der Waals surface area contributed by atoms with Gasteiger partial charge in [-0.2, -0.15) is 0 Å². The Kier molecular flexibility index (Phi) is 5.64. The van der Waals surface area contributed by atoms with Crippen LogP contribution in [0.5, 0.6) is 0 Å². The van der Waals surface area contributed by atoms with E-state index >= 15 is 0 Å². The third-order valence-corrected chi connectivity index (χ3v) is 5.45. The second kappa shape index (κ2) is 7.74. The molecular formula is C17H11Cl2FN2OS2. The number of carbonyl (C=O) groups is 1. The molecular weight excluding hydrogens is 402 g/mol. The molecule has 1 aliphatic heterocycles. The number of thioether (sulfide) groups is 1. The Morgan fingerprint density at radius 1 is 1.20 bits per heavy atom. The van der Waals surface area contributed by atoms with Crippen LogP contribution in [0.2, 0.25) is 10.0 Å². The largest absolute Gasteiger partial charge is 0.367 e. The monoisotopic (exact) mass is 412 g/mol. The summed E-state index contributed by atoms with van der Waals surface area (Å²) in [5.41, 5.74) is 1.14. The van der Waals surface area contributed by atoms with Crippen LogP contribution in [-0.4, -0.2) is 21.8 Å². The van der Waals surface area contributed by atoms with Gasteiger partial charge in [0.05, 0.1) is 11.6 Å². The van der Waals surface area contributed by atoms with Crippen LogP contribution in [0, 0.1) is 5.82 Å². The second-order valence-electron chi connectivity index (χ2n) is 5.09. The SMILES string of the molecule is O=C1/C(=C\c2c(Cl)cccc2Cl)SC(=S)N1CNc1cccc(F)c1. The van der Waals surface area contributed by atoms with E-state index in [1.54, 1.807) is 36.4 Å². The van der Waals surface area contributed by atoms with Crippen LogP contribution in [-0.2, 0) is 4.79 Å². The van der Waals surface area contributed by atoms with Gasteiger partial charge in [0.2, 0.25) is 0 Å². The number of hydrogen-bond donors (Lipinski definition) is 1. The lowest BCUT2D eigenvalue weighted by molar-refractivity contribution is -0.121. The zero-order valence-corrected chi connectivity index (χ0v) is 15.8. The van der Waals surface area contributed by atoms with Crippen LogP contribution in [0.4, 0.5) is 10.1 Å². The van der Waals surface area contributed by atoms with Gasteiger partial charge >= 0.3 is 0 Å². The average Bonchev–Trinajstić information content (AvgIpc) is 2.83. The number of thiocarbonyl (C=S) groups is 1. The number of rotatable bonds is 4. The van der Waals surface area contributed by atoms with Crippen molar-refractivity contribution < 1.29 is 9.18 Å². The van der Waals surface area contributed by atoms with Crippen molar-refractivity contribution in [3.63, 3.8) is 0 Å². The summed E-state index contributed by atoms with van der Waals surface area (Å²) in [6, 6.07) is 11.1. The molecule has 0 aromatic heterocycles. The highest BCUT2D eigenvalue weighted by molar-refractivity contribution is 8.26. The van der Waals surface area contributed by atoms with Gasteiger partial charge in [0.1, 0.15) is 10.1 Å². The molecule has 3 nitrogen and oxygen atoms in total. The van der Waals surface area contributed by atoms with Crippen molar-refractivity contribution in [3.8, 4) is 0 Å². The molecule has 3 rings (SSSR count). The zero-order valence-electron chi connectivity index (χ0n) is 12.6. The van der Waals surface area contributed by atoms with E-state index in [9.17, 15) is 9.18 Å². The molecule has 0 spiro atoms. The molecule has 25 heavy (non-hydrogen) atoms. The van der Waals surface area contributed by atoms with E-state index < -0.39 is 0 Å². The summed E-state index contributed by atoms with van der Waals surface area (Å²) in [5.74, 6) is -0.612. The number of nitrogens with one attached hydrogen (secondary N) is 1. The zero-order chi connectivity index (χ0) is 18.0. The number of nitrogens with zero attached hydrogens (tertiary/aromatic N) is 1. The van der Waals surface area contributed by atoms with Crippen molar-refractivity contribution in [2.75, 3.05) is 12.0 Å². The number of hydrogen-bond acceptors (Lipinski definition) is 4. The molecule has 0 atom stereocenters. The van der Waals surface area contributed by atoms with Crippen molar-refractivity contribution >= 4 is 69.2 Å². The van der Waals surface area contributed by atoms with Crippen LogP contribution in [0.1, 0.15) is 5.56 Å². The van der Waals surface area contributed by atoms with Crippen molar-refractivity contribution in [1.29, 1.82) is 0 Å². The van der Waals surface area contributed by atoms with Crippen molar-refractivity contribution in [2.24, 2.45) is 0 Å². The Labute approximate surface area is 163 Å². The van der Waals surface area contributed by atoms with Gasteiger partial charge in [0.15, 0.2) is 0 Å². The number of amides is 1. The topological polar surface area (TPSA) is 32.3 Å². The fraction of sp³-hybridized carbons (Fsp3) is 0.0588. The smallest absolute Gasteiger partial charge is 0.267 e. The van der Waals surface area contributed by atoms with Crippen LogP contribution < -0.4 is 5.32 Å². The number of anilines is 1. The summed E-state index contributed by atoms with van der Waals surface area (Å²) in [7, 11) is 0. The fourth-order valence-electron chi connectivity index (χ4n) is 2.18. The minimum atomic E-state index is -0.358. The number of carbonyl (C=O) groups excluding carboxylic acids is 1. The Hall–Kier alpha value is -1.60. The molecule has 0 aliphatic carbocycles. The minimum Gasteiger partial charge on any atom is -0.367 e. The lowest BCUT2D eigenvalue weighted by Crippen LogP contribution is -2.33. The molecule has 2 aromatic carbocycles. The lowest BCUT2D eigenvalue weighted by Gasteiger charge is -2.16. The molecule has 1 heterocycles. The summed E-state index contributed by atoms with van der Waals surface area (Å²) < 4.78 is 13.6. The van der Waals surface area contributed by atoms with Crippen LogP contribution in [0.25, 0.3) is 6.08 Å². The van der Waals surface area contributed by atoms with Crippen LogP contribution in [0.3, 0.4) is 0 Å². The van der Waals surface area contributed by atoms with E-state index in [0.717, 1.165) is 0 Å². The molecule has 0 bridgehead atoms. The predicted octanol–water partition coefficient (Wildman–Crippen LogP) is 5.40. The summed E-state index contributed by atoms with van der Waals surface area (Å²) >= 11 is 18.7. The average molecular weight is 413 g/mol. The standard InChI is InChI=1S/C17H11Cl2FN2OS2/c18-13-5-2-6-14(19)12(13)8-15-16(23)22(17(24)25-15)9-21-11-4-1-3-10(20)7-11/h1-8,21H,9H2/b15-8+. The summed E-state index contributed by atoms with van der Waals surface area (Å²) in [4.78, 5) is 14.4. The highest BCUT2D eigenvalue weighted by atomic mass is 35.5. The van der Waals surface area contributed by atoms with Gasteiger partial charge in [-0.1, -0.05) is 59.3 Å². The first kappa shape index (κ1) is 18.2. The second-order valence-corrected chi connectivity index (χ2v) is 7.58. The van der Waals surface area contributed by atoms with Crippen molar-refractivity contribution in [1.82, 2.24) is 4.90 Å². The summed E-state index contributed by atoms with van der Waals surface area (Å²) in [5, 5.41) is 3.89. The van der Waals surface area contributed by atoms with Gasteiger partial charge in [0.25, 0.3) is 5.91 Å². The molecule has 2 aromatic rings. The van der Waals surface area contributed by atoms with E-state index in [1.165, 1.54) is 28.8 Å². The van der Waals surface area contributed by atoms with Gasteiger partial charge in [-0.15, -0.1) is 0 Å². The van der Waals surface area contributed by atoms with Crippen LogP contribution >= 0.6 is 47.2 Å². The van der Waals surface area contributed by atoms with E-state index in [2.05, 4.69) is 5.32 Å². The highest BCUT2D eigenvalue weighted by Crippen LogP contribution is 2.35. The molecule has 0 saturated carbocycles. The number of halogens is 3. The van der Waals surface area contributed by atoms with Crippen molar-refractivity contribution in [2.45, 2.75) is 0 Å². The van der Waals surface area contributed by atoms with E-state index in [0.29, 0.717) is 30.5 Å². The third-order valence-electron chi connectivity index (χ3n) is 3.41. The lowest BCUT2D eigenvalue weighted by atomic mass is 10.2. The van der Waals surface area contributed by atoms with Gasteiger partial charge in [-0.3, -0.25) is 9.69 Å². The van der Waals surface area contributed by atoms with Gasteiger partial charge < -0.3 is 5.32 Å². The first-order valence-electron chi connectivity index (χ1n) is 7.14. The summed E-state index contributed by atoms with van der Waals surface area (Å²) in [6.07, 6.45) is 1.63. The normalized spacial score (nSPS) is 16.0. The predicted molar refractivity (Wildman–Crippen MR) is 106 cm³/mol. The minimum absolute atomic E-state index is 0.141. The van der Waals surface area contributed by atoms with Gasteiger partial charge in [-0.05, 0) is 36.4 Å². The number of benzene rings is 2. The van der Waals surface area contributed by atoms with E-state index in [1.807, 2.05) is 0 Å². The molecule has 1 aliphatic rings. The van der Waals surface area contributed by atoms with E-state index in [4.69, 9.17) is 35.4 Å². The maximum atomic E-state index is 13.2. The quantitative estimate of drug-likeness (QED) is 0.537. The maximum absolute atomic E-state index is 13.2. The molecule has 0 radical (unpaired) electrons. The van der Waals surface area contributed by atoms with E-state index in [-0.39, 0.29) is 18.4 Å². The molecule has 128 valence electrons. The summed E-state index contributed by atoms with van der Waals surface area (Å²) in [6.45, 7) is 0.141. The third kappa shape index (κ3) is 4.15. The van der Waals surface area contributed by atoms with Crippen molar-refractivity contribution in [3.05, 3.63) is 68.8 Å². The molecule has 1 saturated heterocycles. The Bertz CT molecular complexity index is 868. The van der Waals surface area contributed by atoms with Gasteiger partial charge in [-0.25, -0.2) is 4.39 Å². The molecule has 0 unspecified atom stereocenters. The Morgan fingerprint density at radius 3 is 2.56 bits per heavy atom. The van der Waals surface area contributed by atoms with Gasteiger partial charge in [0, 0.05) is 21.3 Å². The Balaban J connectivity index is 1.77. The van der Waals surface area contributed by atoms with Crippen LogP contribution in [0.15, 0.2) is 47.4 Å². The first-order chi connectivity index (χ1) is 12.0. The molecule has 1 fully saturated rings. The molecule has 8 heteroatoms. The molecule has 1 N–H and O–H groups in total. The fourth-order valence-corrected chi connectivity index (χ4v) is 3.93.